The van der Waals surface area contributed by atoms with Crippen LogP contribution in [-0.4, -0.2) is 89.6 Å². The number of piperidine rings is 1. The van der Waals surface area contributed by atoms with Gasteiger partial charge in [0.1, 0.15) is 11.5 Å². The van der Waals surface area contributed by atoms with Crippen molar-refractivity contribution in [3.8, 4) is 11.5 Å². The number of sulfonamides is 1. The number of carbonyl (C=O) groups is 1. The van der Waals surface area contributed by atoms with E-state index in [4.69, 9.17) is 16.3 Å². The van der Waals surface area contributed by atoms with Crippen LogP contribution in [0.1, 0.15) is 73.0 Å². The van der Waals surface area contributed by atoms with Gasteiger partial charge in [-0.15, -0.1) is 0 Å². The van der Waals surface area contributed by atoms with Crippen molar-refractivity contribution in [3.05, 3.63) is 112 Å². The molecule has 1 amide bonds. The number of carbonyl (C=O) groups excluding carboxylic acids is 1. The van der Waals surface area contributed by atoms with Gasteiger partial charge in [-0.25, -0.2) is 13.1 Å². The van der Waals surface area contributed by atoms with Gasteiger partial charge in [0.25, 0.3) is 15.9 Å². The van der Waals surface area contributed by atoms with Crippen molar-refractivity contribution in [2.45, 2.75) is 70.2 Å². The van der Waals surface area contributed by atoms with E-state index in [-0.39, 0.29) is 15.9 Å². The summed E-state index contributed by atoms with van der Waals surface area (Å²) in [5, 5.41) is 7.74. The Morgan fingerprint density at radius 2 is 1.68 bits per heavy atom. The maximum atomic E-state index is 14.0. The zero-order valence-electron chi connectivity index (χ0n) is 34.7. The topological polar surface area (TPSA) is 106 Å². The first-order valence-electron chi connectivity index (χ1n) is 21.0. The minimum atomic E-state index is -4.19. The fourth-order valence-corrected chi connectivity index (χ4v) is 10.2. The highest BCUT2D eigenvalue weighted by Crippen LogP contribution is 2.44. The standard InChI is InChI=1S/C47H57ClN6O4S/c1-32-28-38(13-15-42(32)50-36-18-22-52(4)23-19-36)59(56,57)51-46(55)40-14-12-37(29-45(40)58-44-7-5-6-43-39(44)17-21-49-43)54-26-24-53(25-27-54)31-34-16-20-47(2,3)30-41(34)33-8-10-35(48)11-9-33/h5-15,28-29,36,49-50H,16-27,30-31H2,1-4H3,(H,51,55). The lowest BCUT2D eigenvalue weighted by Gasteiger charge is -2.39. The molecule has 3 aliphatic heterocycles. The van der Waals surface area contributed by atoms with Gasteiger partial charge in [-0.1, -0.05) is 49.2 Å². The van der Waals surface area contributed by atoms with E-state index < -0.39 is 15.9 Å². The molecule has 10 nitrogen and oxygen atoms in total. The predicted octanol–water partition coefficient (Wildman–Crippen LogP) is 8.82. The molecule has 2 fully saturated rings. The van der Waals surface area contributed by atoms with Crippen LogP contribution in [0.15, 0.2) is 89.3 Å². The molecule has 3 heterocycles. The minimum Gasteiger partial charge on any atom is -0.456 e. The number of hydrogen-bond acceptors (Lipinski definition) is 9. The number of anilines is 3. The van der Waals surface area contributed by atoms with Crippen LogP contribution in [0.25, 0.3) is 5.57 Å². The molecule has 0 radical (unpaired) electrons. The van der Waals surface area contributed by atoms with Crippen molar-refractivity contribution in [2.24, 2.45) is 5.41 Å². The van der Waals surface area contributed by atoms with Crippen LogP contribution in [0.3, 0.4) is 0 Å². The van der Waals surface area contributed by atoms with Gasteiger partial charge in [0, 0.05) is 79.0 Å². The van der Waals surface area contributed by atoms with Gasteiger partial charge >= 0.3 is 0 Å². The highest BCUT2D eigenvalue weighted by atomic mass is 35.5. The van der Waals surface area contributed by atoms with E-state index >= 15 is 0 Å². The van der Waals surface area contributed by atoms with Gasteiger partial charge in [0.05, 0.1) is 10.5 Å². The molecular formula is C47H57ClN6O4S. The first-order valence-corrected chi connectivity index (χ1v) is 22.9. The number of ether oxygens (including phenoxy) is 1. The van der Waals surface area contributed by atoms with Gasteiger partial charge in [-0.2, -0.15) is 0 Å². The maximum absolute atomic E-state index is 14.0. The number of halogens is 1. The summed E-state index contributed by atoms with van der Waals surface area (Å²) in [6.45, 7) is 13.8. The minimum absolute atomic E-state index is 0.0363. The van der Waals surface area contributed by atoms with Gasteiger partial charge in [-0.3, -0.25) is 9.69 Å². The summed E-state index contributed by atoms with van der Waals surface area (Å²) in [5.74, 6) is 0.221. The molecular weight excluding hydrogens is 780 g/mol. The van der Waals surface area contributed by atoms with Crippen molar-refractivity contribution >= 4 is 50.2 Å². The zero-order valence-corrected chi connectivity index (χ0v) is 36.3. The number of nitrogens with zero attached hydrogens (tertiary/aromatic N) is 3. The third-order valence-corrected chi connectivity index (χ3v) is 14.2. The molecule has 0 spiro atoms. The number of rotatable bonds is 11. The molecule has 12 heteroatoms. The third kappa shape index (κ3) is 9.59. The van der Waals surface area contributed by atoms with E-state index in [0.29, 0.717) is 17.5 Å². The number of allylic oxidation sites excluding steroid dienone is 1. The SMILES string of the molecule is Cc1cc(S(=O)(=O)NC(=O)c2ccc(N3CCN(CC4=C(c5ccc(Cl)cc5)CC(C)(C)CC4)CC3)cc2Oc2cccc3c2CCN3)ccc1NC1CCN(C)CC1. The van der Waals surface area contributed by atoms with E-state index in [1.165, 1.54) is 23.1 Å². The fraction of sp³-hybridized carbons (Fsp3) is 0.426. The lowest BCUT2D eigenvalue weighted by atomic mass is 9.72. The van der Waals surface area contributed by atoms with Crippen LogP contribution in [0.2, 0.25) is 5.02 Å². The molecule has 0 atom stereocenters. The largest absolute Gasteiger partial charge is 0.456 e. The number of benzene rings is 4. The molecule has 8 rings (SSSR count). The van der Waals surface area contributed by atoms with Crippen molar-refractivity contribution in [1.29, 1.82) is 0 Å². The molecule has 4 aromatic carbocycles. The molecule has 2 saturated heterocycles. The second kappa shape index (κ2) is 17.2. The smallest absolute Gasteiger partial charge is 0.268 e. The second-order valence-electron chi connectivity index (χ2n) is 17.6. The number of amides is 1. The van der Waals surface area contributed by atoms with Crippen LogP contribution in [0.4, 0.5) is 17.1 Å². The lowest BCUT2D eigenvalue weighted by molar-refractivity contribution is 0.0979. The maximum Gasteiger partial charge on any atom is 0.268 e. The van der Waals surface area contributed by atoms with E-state index in [9.17, 15) is 13.2 Å². The van der Waals surface area contributed by atoms with Gasteiger partial charge in [0.15, 0.2) is 0 Å². The Bertz CT molecular complexity index is 2330. The summed E-state index contributed by atoms with van der Waals surface area (Å²) in [4.78, 5) is 21.2. The van der Waals surface area contributed by atoms with Crippen LogP contribution < -0.4 is 25.0 Å². The highest BCUT2D eigenvalue weighted by molar-refractivity contribution is 7.90. The van der Waals surface area contributed by atoms with Crippen LogP contribution in [0, 0.1) is 12.3 Å². The van der Waals surface area contributed by atoms with Crippen molar-refractivity contribution in [1.82, 2.24) is 14.5 Å². The Labute approximate surface area is 355 Å². The van der Waals surface area contributed by atoms with Gasteiger partial charge < -0.3 is 25.2 Å². The molecule has 0 bridgehead atoms. The Morgan fingerprint density at radius 3 is 2.42 bits per heavy atom. The Kier molecular flexibility index (Phi) is 12.0. The Morgan fingerprint density at radius 1 is 0.915 bits per heavy atom. The molecule has 59 heavy (non-hydrogen) atoms. The number of piperazine rings is 1. The number of hydrogen-bond donors (Lipinski definition) is 3. The average molecular weight is 838 g/mol. The van der Waals surface area contributed by atoms with Crippen LogP contribution >= 0.6 is 11.6 Å². The molecule has 0 aromatic heterocycles. The zero-order chi connectivity index (χ0) is 41.3. The van der Waals surface area contributed by atoms with Gasteiger partial charge in [0.2, 0.25) is 0 Å². The highest BCUT2D eigenvalue weighted by Gasteiger charge is 2.30. The monoisotopic (exact) mass is 836 g/mol. The Balaban J connectivity index is 0.995. The first-order chi connectivity index (χ1) is 28.3. The molecule has 0 saturated carbocycles. The number of fused-ring (bicyclic) bond motifs is 1. The normalized spacial score (nSPS) is 19.0. The average Bonchev–Trinajstić information content (AvgIpc) is 3.71. The summed E-state index contributed by atoms with van der Waals surface area (Å²) in [6.07, 6.45) is 6.15. The summed E-state index contributed by atoms with van der Waals surface area (Å²) in [7, 11) is -2.06. The molecule has 3 N–H and O–H groups in total. The Hall–Kier alpha value is -4.55. The summed E-state index contributed by atoms with van der Waals surface area (Å²) in [6, 6.07) is 24.9. The summed E-state index contributed by atoms with van der Waals surface area (Å²) < 4.78 is 36.4. The first kappa shape index (κ1) is 41.2. The second-order valence-corrected chi connectivity index (χ2v) is 19.7. The molecule has 0 unspecified atom stereocenters. The summed E-state index contributed by atoms with van der Waals surface area (Å²) in [5.41, 5.74) is 9.32. The third-order valence-electron chi connectivity index (χ3n) is 12.6. The van der Waals surface area contributed by atoms with Crippen molar-refractivity contribution < 1.29 is 17.9 Å². The van der Waals surface area contributed by atoms with Gasteiger partial charge in [-0.05, 0) is 142 Å². The quantitative estimate of drug-likeness (QED) is 0.137. The molecule has 4 aromatic rings. The van der Waals surface area contributed by atoms with E-state index in [0.717, 1.165) is 118 Å². The van der Waals surface area contributed by atoms with Crippen LogP contribution in [-0.2, 0) is 16.4 Å². The predicted molar refractivity (Wildman–Crippen MR) is 240 cm³/mol. The molecule has 1 aliphatic carbocycles. The lowest BCUT2D eigenvalue weighted by Crippen LogP contribution is -2.47. The fourth-order valence-electron chi connectivity index (χ4n) is 8.98. The van der Waals surface area contributed by atoms with Crippen LogP contribution in [0.5, 0.6) is 11.5 Å². The molecule has 312 valence electrons. The summed E-state index contributed by atoms with van der Waals surface area (Å²) >= 11 is 6.26. The number of nitrogens with one attached hydrogen (secondary N) is 3. The van der Waals surface area contributed by atoms with Crippen molar-refractivity contribution in [2.75, 3.05) is 74.9 Å². The number of likely N-dealkylation sites (tertiary alicyclic amines) is 1. The number of aryl methyl sites for hydroxylation is 1. The van der Waals surface area contributed by atoms with E-state index in [1.54, 1.807) is 24.3 Å². The van der Waals surface area contributed by atoms with E-state index in [1.807, 2.05) is 49.4 Å². The van der Waals surface area contributed by atoms with Crippen molar-refractivity contribution in [3.63, 3.8) is 0 Å². The van der Waals surface area contributed by atoms with E-state index in [2.05, 4.69) is 63.1 Å². The molecule has 4 aliphatic rings.